The third kappa shape index (κ3) is 62.7. The minimum Gasteiger partial charge on any atom is -0.462 e. The van der Waals surface area contributed by atoms with Gasteiger partial charge in [0.05, 0.1) is 0 Å². The van der Waals surface area contributed by atoms with Crippen LogP contribution in [0.5, 0.6) is 0 Å². The predicted molar refractivity (Wildman–Crippen MR) is 339 cm³/mol. The lowest BCUT2D eigenvalue weighted by Gasteiger charge is -2.18. The molecule has 444 valence electrons. The molecule has 78 heavy (non-hydrogen) atoms. The number of hydrogen-bond acceptors (Lipinski definition) is 6. The molecule has 0 heterocycles. The molecule has 1 atom stereocenters. The number of unbranched alkanes of at least 4 members (excludes halogenated alkanes) is 27. The van der Waals surface area contributed by atoms with Crippen LogP contribution in [-0.2, 0) is 28.6 Å². The Morgan fingerprint density at radius 1 is 0.269 bits per heavy atom. The van der Waals surface area contributed by atoms with Crippen molar-refractivity contribution in [1.82, 2.24) is 0 Å². The van der Waals surface area contributed by atoms with Crippen LogP contribution in [0.25, 0.3) is 0 Å². The van der Waals surface area contributed by atoms with Crippen molar-refractivity contribution in [2.45, 2.75) is 303 Å². The van der Waals surface area contributed by atoms with Crippen LogP contribution in [0.15, 0.2) is 122 Å². The van der Waals surface area contributed by atoms with E-state index in [2.05, 4.69) is 142 Å². The summed E-state index contributed by atoms with van der Waals surface area (Å²) < 4.78 is 16.9. The molecule has 0 N–H and O–H groups in total. The summed E-state index contributed by atoms with van der Waals surface area (Å²) in [5.74, 6) is -0.905. The Labute approximate surface area is 482 Å². The van der Waals surface area contributed by atoms with Crippen molar-refractivity contribution in [1.29, 1.82) is 0 Å². The van der Waals surface area contributed by atoms with E-state index in [1.54, 1.807) is 0 Å². The largest absolute Gasteiger partial charge is 0.462 e. The summed E-state index contributed by atoms with van der Waals surface area (Å²) in [6, 6.07) is 0. The maximum Gasteiger partial charge on any atom is 0.306 e. The van der Waals surface area contributed by atoms with Gasteiger partial charge in [0.1, 0.15) is 13.2 Å². The minimum absolute atomic E-state index is 0.0867. The molecule has 0 radical (unpaired) electrons. The molecule has 0 bridgehead atoms. The first-order chi connectivity index (χ1) is 38.5. The zero-order valence-electron chi connectivity index (χ0n) is 50.9. The van der Waals surface area contributed by atoms with Crippen LogP contribution in [-0.4, -0.2) is 37.2 Å². The Kier molecular flexibility index (Phi) is 61.8. The van der Waals surface area contributed by atoms with Crippen molar-refractivity contribution in [3.8, 4) is 0 Å². The van der Waals surface area contributed by atoms with Crippen molar-refractivity contribution < 1.29 is 28.6 Å². The maximum absolute atomic E-state index is 12.9. The summed E-state index contributed by atoms with van der Waals surface area (Å²) in [6.45, 7) is 6.49. The molecule has 0 aromatic rings. The second-order valence-corrected chi connectivity index (χ2v) is 21.3. The fraction of sp³-hybridized carbons (Fsp3) is 0.681. The zero-order chi connectivity index (χ0) is 56.4. The van der Waals surface area contributed by atoms with Gasteiger partial charge in [0.15, 0.2) is 6.10 Å². The number of rotatable bonds is 58. The second kappa shape index (κ2) is 65.3. The molecule has 0 aliphatic carbocycles. The summed E-state index contributed by atoms with van der Waals surface area (Å²) in [5.41, 5.74) is 0. The number of hydrogen-bond donors (Lipinski definition) is 0. The number of esters is 3. The highest BCUT2D eigenvalue weighted by molar-refractivity contribution is 5.71. The van der Waals surface area contributed by atoms with Gasteiger partial charge in [-0.3, -0.25) is 14.4 Å². The molecule has 0 amide bonds. The molecule has 0 spiro atoms. The highest BCUT2D eigenvalue weighted by atomic mass is 16.6. The van der Waals surface area contributed by atoms with Crippen LogP contribution in [0.3, 0.4) is 0 Å². The van der Waals surface area contributed by atoms with Gasteiger partial charge in [0, 0.05) is 19.3 Å². The lowest BCUT2D eigenvalue weighted by Crippen LogP contribution is -2.30. The first kappa shape index (κ1) is 73.8. The van der Waals surface area contributed by atoms with Gasteiger partial charge in [-0.25, -0.2) is 0 Å². The van der Waals surface area contributed by atoms with E-state index in [4.69, 9.17) is 14.2 Å². The topological polar surface area (TPSA) is 78.9 Å². The van der Waals surface area contributed by atoms with E-state index < -0.39 is 6.10 Å². The van der Waals surface area contributed by atoms with Gasteiger partial charge < -0.3 is 14.2 Å². The summed E-state index contributed by atoms with van der Waals surface area (Å²) in [6.07, 6.45) is 90.5. The Balaban J connectivity index is 4.35. The molecule has 0 aliphatic heterocycles. The average molecular weight is 1080 g/mol. The third-order valence-electron chi connectivity index (χ3n) is 13.7. The molecular weight excluding hydrogens is 961 g/mol. The number of allylic oxidation sites excluding steroid dienone is 20. The Bertz CT molecular complexity index is 1620. The van der Waals surface area contributed by atoms with E-state index in [0.29, 0.717) is 19.3 Å². The summed E-state index contributed by atoms with van der Waals surface area (Å²) in [4.78, 5) is 38.3. The summed E-state index contributed by atoms with van der Waals surface area (Å²) in [5, 5.41) is 0. The molecule has 0 aromatic carbocycles. The fourth-order valence-electron chi connectivity index (χ4n) is 8.84. The van der Waals surface area contributed by atoms with Crippen molar-refractivity contribution in [2.24, 2.45) is 0 Å². The normalized spacial score (nSPS) is 12.9. The zero-order valence-corrected chi connectivity index (χ0v) is 50.9. The van der Waals surface area contributed by atoms with Crippen molar-refractivity contribution in [3.63, 3.8) is 0 Å². The maximum atomic E-state index is 12.9. The number of ether oxygens (including phenoxy) is 3. The third-order valence-corrected chi connectivity index (χ3v) is 13.7. The monoisotopic (exact) mass is 1080 g/mol. The van der Waals surface area contributed by atoms with Crippen LogP contribution >= 0.6 is 0 Å². The molecule has 0 aromatic heterocycles. The molecule has 6 heteroatoms. The second-order valence-electron chi connectivity index (χ2n) is 21.3. The Hall–Kier alpha value is -4.19. The lowest BCUT2D eigenvalue weighted by molar-refractivity contribution is -0.167. The van der Waals surface area contributed by atoms with Gasteiger partial charge in [-0.2, -0.15) is 0 Å². The van der Waals surface area contributed by atoms with Crippen LogP contribution in [0.2, 0.25) is 0 Å². The van der Waals surface area contributed by atoms with Crippen molar-refractivity contribution in [3.05, 3.63) is 122 Å². The Morgan fingerprint density at radius 3 is 0.808 bits per heavy atom. The van der Waals surface area contributed by atoms with Gasteiger partial charge in [0.25, 0.3) is 0 Å². The SMILES string of the molecule is CC/C=C\C/C=C\C/C=C\C/C=C\C/C=C\C/C=C\C/C=C\CCCCCCCCCC(=O)OCC(COC(=O)CCCCCCCCCCCCCC)OC(=O)CCCCCCCC/C=C\C/C=C\C/C=C\CCCCC. The van der Waals surface area contributed by atoms with Crippen molar-refractivity contribution >= 4 is 17.9 Å². The first-order valence-corrected chi connectivity index (χ1v) is 32.5. The lowest BCUT2D eigenvalue weighted by atomic mass is 10.0. The van der Waals surface area contributed by atoms with E-state index in [1.807, 2.05) is 0 Å². The van der Waals surface area contributed by atoms with Gasteiger partial charge in [-0.1, -0.05) is 284 Å². The first-order valence-electron chi connectivity index (χ1n) is 32.5. The molecular formula is C72H120O6. The van der Waals surface area contributed by atoms with Crippen LogP contribution in [0, 0.1) is 0 Å². The fourth-order valence-corrected chi connectivity index (χ4v) is 8.84. The summed E-state index contributed by atoms with van der Waals surface area (Å²) >= 11 is 0. The highest BCUT2D eigenvalue weighted by Crippen LogP contribution is 2.15. The standard InChI is InChI=1S/C72H120O6/c1-4-7-10-13-16-19-22-25-27-29-31-32-33-34-35-36-37-38-39-40-42-43-45-47-50-53-56-59-62-65-71(74)77-68-69(67-76-70(73)64-61-58-55-52-49-24-21-18-15-12-9-6-3)78-72(75)66-63-60-57-54-51-48-46-44-41-30-28-26-23-20-17-14-11-8-5-2/h7,10,16-17,19-20,25-28,31-32,34-35,37-38,40-42,44,69H,4-6,8-9,11-15,18,21-24,29-30,33,36,39,43,45-68H2,1-3H3/b10-7-,19-16-,20-17-,27-25-,28-26-,32-31-,35-34-,38-37-,42-40-,44-41-. The van der Waals surface area contributed by atoms with E-state index in [-0.39, 0.29) is 31.1 Å². The molecule has 0 saturated heterocycles. The number of carbonyl (C=O) groups excluding carboxylic acids is 3. The van der Waals surface area contributed by atoms with Crippen LogP contribution < -0.4 is 0 Å². The van der Waals surface area contributed by atoms with Crippen molar-refractivity contribution in [2.75, 3.05) is 13.2 Å². The molecule has 0 fully saturated rings. The van der Waals surface area contributed by atoms with E-state index in [1.165, 1.54) is 122 Å². The van der Waals surface area contributed by atoms with E-state index >= 15 is 0 Å². The van der Waals surface area contributed by atoms with Gasteiger partial charge >= 0.3 is 17.9 Å². The van der Waals surface area contributed by atoms with E-state index in [9.17, 15) is 14.4 Å². The highest BCUT2D eigenvalue weighted by Gasteiger charge is 2.19. The van der Waals surface area contributed by atoms with E-state index in [0.717, 1.165) is 135 Å². The van der Waals surface area contributed by atoms with Gasteiger partial charge in [-0.15, -0.1) is 0 Å². The van der Waals surface area contributed by atoms with Crippen LogP contribution in [0.1, 0.15) is 297 Å². The summed E-state index contributed by atoms with van der Waals surface area (Å²) in [7, 11) is 0. The predicted octanol–water partition coefficient (Wildman–Crippen LogP) is 22.4. The minimum atomic E-state index is -0.792. The Morgan fingerprint density at radius 2 is 0.500 bits per heavy atom. The molecule has 0 saturated carbocycles. The molecule has 0 rings (SSSR count). The molecule has 6 nitrogen and oxygen atoms in total. The quantitative estimate of drug-likeness (QED) is 0.0261. The average Bonchev–Trinajstić information content (AvgIpc) is 3.44. The molecule has 0 aliphatic rings. The number of carbonyl (C=O) groups is 3. The smallest absolute Gasteiger partial charge is 0.306 e. The van der Waals surface area contributed by atoms with Gasteiger partial charge in [0.2, 0.25) is 0 Å². The van der Waals surface area contributed by atoms with Gasteiger partial charge in [-0.05, 0) is 116 Å². The molecule has 1 unspecified atom stereocenters. The van der Waals surface area contributed by atoms with Crippen LogP contribution in [0.4, 0.5) is 0 Å².